The van der Waals surface area contributed by atoms with Gasteiger partial charge in [0.2, 0.25) is 5.82 Å². The summed E-state index contributed by atoms with van der Waals surface area (Å²) >= 11 is 0. The minimum atomic E-state index is -0.803. The van der Waals surface area contributed by atoms with Crippen molar-refractivity contribution >= 4 is 5.69 Å². The maximum Gasteiger partial charge on any atom is 0.305 e. The number of rotatable bonds is 6. The number of hydrogen-bond donors (Lipinski definition) is 1. The third-order valence-corrected chi connectivity index (χ3v) is 3.29. The third-order valence-electron chi connectivity index (χ3n) is 3.29. The lowest BCUT2D eigenvalue weighted by Crippen LogP contribution is -2.21. The topological polar surface area (TPSA) is 87.0 Å². The first kappa shape index (κ1) is 15.1. The SMILES string of the molecule is CCC(N)Cc1cn(Cc2cccc([N+](=O)[O-])c2F)cn1. The number of imidazole rings is 1. The minimum absolute atomic E-state index is 0.0444. The quantitative estimate of drug-likeness (QED) is 0.653. The predicted molar refractivity (Wildman–Crippen MR) is 76.4 cm³/mol. The number of halogens is 1. The van der Waals surface area contributed by atoms with Crippen molar-refractivity contribution in [2.75, 3.05) is 0 Å². The van der Waals surface area contributed by atoms with Gasteiger partial charge in [0.25, 0.3) is 0 Å². The highest BCUT2D eigenvalue weighted by molar-refractivity contribution is 5.36. The second-order valence-corrected chi connectivity index (χ2v) is 4.92. The Morgan fingerprint density at radius 1 is 1.52 bits per heavy atom. The number of nitrogens with two attached hydrogens (primary N) is 1. The Morgan fingerprint density at radius 2 is 2.29 bits per heavy atom. The number of nitrogens with zero attached hydrogens (tertiary/aromatic N) is 3. The molecule has 0 aliphatic rings. The molecular weight excluding hydrogens is 275 g/mol. The van der Waals surface area contributed by atoms with Crippen LogP contribution in [0.4, 0.5) is 10.1 Å². The Bertz CT molecular complexity index is 642. The summed E-state index contributed by atoms with van der Waals surface area (Å²) in [7, 11) is 0. The molecular formula is C14H17FN4O2. The molecule has 6 nitrogen and oxygen atoms in total. The molecule has 21 heavy (non-hydrogen) atoms. The molecule has 0 saturated carbocycles. The van der Waals surface area contributed by atoms with E-state index in [1.54, 1.807) is 17.1 Å². The van der Waals surface area contributed by atoms with E-state index in [-0.39, 0.29) is 18.2 Å². The van der Waals surface area contributed by atoms with Crippen molar-refractivity contribution in [3.8, 4) is 0 Å². The van der Waals surface area contributed by atoms with Gasteiger partial charge in [0.05, 0.1) is 23.5 Å². The van der Waals surface area contributed by atoms with Crippen molar-refractivity contribution in [1.82, 2.24) is 9.55 Å². The van der Waals surface area contributed by atoms with Crippen LogP contribution in [-0.2, 0) is 13.0 Å². The van der Waals surface area contributed by atoms with E-state index in [4.69, 9.17) is 5.73 Å². The molecule has 1 heterocycles. The molecule has 0 amide bonds. The Balaban J connectivity index is 2.15. The molecule has 1 unspecified atom stereocenters. The number of aromatic nitrogens is 2. The summed E-state index contributed by atoms with van der Waals surface area (Å²) in [5, 5.41) is 10.7. The third kappa shape index (κ3) is 3.63. The maximum atomic E-state index is 14.0. The molecule has 0 spiro atoms. The van der Waals surface area contributed by atoms with E-state index >= 15 is 0 Å². The molecule has 7 heteroatoms. The van der Waals surface area contributed by atoms with Gasteiger partial charge in [-0.05, 0) is 6.42 Å². The van der Waals surface area contributed by atoms with Gasteiger partial charge in [-0.2, -0.15) is 4.39 Å². The molecule has 0 fully saturated rings. The zero-order valence-electron chi connectivity index (χ0n) is 11.7. The van der Waals surface area contributed by atoms with Crippen molar-refractivity contribution in [3.05, 3.63) is 57.9 Å². The van der Waals surface area contributed by atoms with Crippen molar-refractivity contribution in [1.29, 1.82) is 0 Å². The molecule has 1 atom stereocenters. The first-order valence-electron chi connectivity index (χ1n) is 6.69. The summed E-state index contributed by atoms with van der Waals surface area (Å²) in [5.74, 6) is -0.803. The van der Waals surface area contributed by atoms with Gasteiger partial charge in [-0.25, -0.2) is 4.98 Å². The lowest BCUT2D eigenvalue weighted by molar-refractivity contribution is -0.387. The van der Waals surface area contributed by atoms with Gasteiger partial charge in [0.15, 0.2) is 0 Å². The van der Waals surface area contributed by atoms with Crippen molar-refractivity contribution in [2.24, 2.45) is 5.73 Å². The number of hydrogen-bond acceptors (Lipinski definition) is 4. The van der Waals surface area contributed by atoms with E-state index in [1.807, 2.05) is 6.92 Å². The fourth-order valence-electron chi connectivity index (χ4n) is 2.04. The Morgan fingerprint density at radius 3 is 2.95 bits per heavy atom. The van der Waals surface area contributed by atoms with Crippen LogP contribution in [0.3, 0.4) is 0 Å². The van der Waals surface area contributed by atoms with Crippen molar-refractivity contribution < 1.29 is 9.31 Å². The summed E-state index contributed by atoms with van der Waals surface area (Å²) in [6.07, 6.45) is 4.87. The van der Waals surface area contributed by atoms with Gasteiger partial charge in [-0.1, -0.05) is 19.1 Å². The molecule has 112 valence electrons. The summed E-state index contributed by atoms with van der Waals surface area (Å²) in [6.45, 7) is 2.20. The van der Waals surface area contributed by atoms with Crippen molar-refractivity contribution in [2.45, 2.75) is 32.4 Å². The first-order valence-corrected chi connectivity index (χ1v) is 6.69. The van der Waals surface area contributed by atoms with Crippen LogP contribution in [0.5, 0.6) is 0 Å². The molecule has 2 N–H and O–H groups in total. The van der Waals surface area contributed by atoms with Crippen LogP contribution in [0.25, 0.3) is 0 Å². The predicted octanol–water partition coefficient (Wildman–Crippen LogP) is 2.26. The van der Waals surface area contributed by atoms with Gasteiger partial charge in [-0.15, -0.1) is 0 Å². The highest BCUT2D eigenvalue weighted by atomic mass is 19.1. The smallest absolute Gasteiger partial charge is 0.305 e. The molecule has 0 bridgehead atoms. The zero-order chi connectivity index (χ0) is 15.4. The second-order valence-electron chi connectivity index (χ2n) is 4.92. The van der Waals surface area contributed by atoms with E-state index < -0.39 is 16.4 Å². The van der Waals surface area contributed by atoms with Crippen LogP contribution >= 0.6 is 0 Å². The Labute approximate surface area is 121 Å². The van der Waals surface area contributed by atoms with Crippen LogP contribution < -0.4 is 5.73 Å². The molecule has 0 saturated heterocycles. The molecule has 0 radical (unpaired) electrons. The summed E-state index contributed by atoms with van der Waals surface area (Å²) < 4.78 is 15.7. The van der Waals surface area contributed by atoms with Crippen LogP contribution in [0.2, 0.25) is 0 Å². The van der Waals surface area contributed by atoms with Gasteiger partial charge in [-0.3, -0.25) is 10.1 Å². The van der Waals surface area contributed by atoms with Crippen LogP contribution in [-0.4, -0.2) is 20.5 Å². The van der Waals surface area contributed by atoms with E-state index in [0.717, 1.165) is 18.2 Å². The monoisotopic (exact) mass is 292 g/mol. The Hall–Kier alpha value is -2.28. The fraction of sp³-hybridized carbons (Fsp3) is 0.357. The van der Waals surface area contributed by atoms with Crippen molar-refractivity contribution in [3.63, 3.8) is 0 Å². The standard InChI is InChI=1S/C14H17FN4O2/c1-2-11(16)6-12-8-18(9-17-12)7-10-4-3-5-13(14(10)15)19(20)21/h3-5,8-9,11H,2,6-7,16H2,1H3. The lowest BCUT2D eigenvalue weighted by atomic mass is 10.1. The van der Waals surface area contributed by atoms with E-state index in [9.17, 15) is 14.5 Å². The van der Waals surface area contributed by atoms with E-state index in [0.29, 0.717) is 6.42 Å². The summed E-state index contributed by atoms with van der Waals surface area (Å²) in [6, 6.07) is 4.20. The molecule has 1 aromatic heterocycles. The second kappa shape index (κ2) is 6.45. The molecule has 2 rings (SSSR count). The fourth-order valence-corrected chi connectivity index (χ4v) is 2.04. The summed E-state index contributed by atoms with van der Waals surface area (Å²) in [5.41, 5.74) is 6.43. The maximum absolute atomic E-state index is 14.0. The van der Waals surface area contributed by atoms with E-state index in [1.165, 1.54) is 12.1 Å². The number of benzene rings is 1. The largest absolute Gasteiger partial charge is 0.333 e. The van der Waals surface area contributed by atoms with Gasteiger partial charge < -0.3 is 10.3 Å². The first-order chi connectivity index (χ1) is 10.0. The number of nitro groups is 1. The van der Waals surface area contributed by atoms with Gasteiger partial charge in [0, 0.05) is 30.3 Å². The average Bonchev–Trinajstić information content (AvgIpc) is 2.88. The molecule has 0 aliphatic heterocycles. The Kier molecular flexibility index (Phi) is 4.64. The molecule has 1 aromatic carbocycles. The highest BCUT2D eigenvalue weighted by Gasteiger charge is 2.17. The van der Waals surface area contributed by atoms with Gasteiger partial charge in [0.1, 0.15) is 0 Å². The average molecular weight is 292 g/mol. The summed E-state index contributed by atoms with van der Waals surface area (Å²) in [4.78, 5) is 14.2. The number of nitro benzene ring substituents is 1. The van der Waals surface area contributed by atoms with Crippen LogP contribution in [0, 0.1) is 15.9 Å². The normalized spacial score (nSPS) is 12.3. The van der Waals surface area contributed by atoms with Crippen LogP contribution in [0.1, 0.15) is 24.6 Å². The zero-order valence-corrected chi connectivity index (χ0v) is 11.7. The molecule has 0 aliphatic carbocycles. The van der Waals surface area contributed by atoms with Crippen LogP contribution in [0.15, 0.2) is 30.7 Å². The highest BCUT2D eigenvalue weighted by Crippen LogP contribution is 2.21. The van der Waals surface area contributed by atoms with E-state index in [2.05, 4.69) is 4.98 Å². The lowest BCUT2D eigenvalue weighted by Gasteiger charge is -2.06. The molecule has 2 aromatic rings. The van der Waals surface area contributed by atoms with Gasteiger partial charge >= 0.3 is 5.69 Å². The minimum Gasteiger partial charge on any atom is -0.333 e.